The number of aliphatic hydroxyl groups excluding tert-OH is 2. The van der Waals surface area contributed by atoms with Gasteiger partial charge in [-0.15, -0.1) is 0 Å². The van der Waals surface area contributed by atoms with Crippen molar-refractivity contribution in [3.63, 3.8) is 0 Å². The van der Waals surface area contributed by atoms with Gasteiger partial charge in [-0.3, -0.25) is 4.79 Å². The Balaban J connectivity index is 2.91. The lowest BCUT2D eigenvalue weighted by Gasteiger charge is -2.20. The van der Waals surface area contributed by atoms with Gasteiger partial charge >= 0.3 is 11.9 Å². The molecule has 8 nitrogen and oxygen atoms in total. The van der Waals surface area contributed by atoms with Crippen LogP contribution in [0.4, 0.5) is 0 Å². The highest BCUT2D eigenvalue weighted by Crippen LogP contribution is 2.06. The number of carbonyl (C=O) groups excluding carboxylic acids is 3. The molecule has 134 valence electrons. The molecule has 0 aromatic carbocycles. The van der Waals surface area contributed by atoms with Crippen LogP contribution in [0.1, 0.15) is 27.2 Å². The first-order valence-corrected chi connectivity index (χ1v) is 7.62. The smallest absolute Gasteiger partial charge is 0.330 e. The van der Waals surface area contributed by atoms with Crippen LogP contribution in [0.3, 0.4) is 0 Å². The van der Waals surface area contributed by atoms with Crippen molar-refractivity contribution >= 4 is 17.8 Å². The molecule has 0 aromatic heterocycles. The van der Waals surface area contributed by atoms with Gasteiger partial charge in [0.25, 0.3) is 0 Å². The normalized spacial score (nSPS) is 36.2. The van der Waals surface area contributed by atoms with Gasteiger partial charge in [0.05, 0.1) is 18.6 Å². The number of ether oxygens (including phenoxy) is 2. The highest BCUT2D eigenvalue weighted by molar-refractivity contribution is 5.83. The molecule has 1 heterocycles. The average molecular weight is 341 g/mol. The summed E-state index contributed by atoms with van der Waals surface area (Å²) in [7, 11) is 0. The molecular formula is C16H23NO7. The molecule has 0 saturated heterocycles. The zero-order chi connectivity index (χ0) is 18.3. The minimum atomic E-state index is -1.20. The third-order valence-corrected chi connectivity index (χ3v) is 3.33. The standard InChI is InChI=1S/C16H23NO7/c1-9-8-14(20)17-10(2)12(18)4-6-16(22)24-11(3)13(19)5-7-15(21)23-9/h4-7,9-13,18-19H,8H2,1-3H3,(H,17,20)/b6-4+,7-5+/t9?,10-,11-,12+,13+/m0/s1. The van der Waals surface area contributed by atoms with E-state index in [9.17, 15) is 24.6 Å². The van der Waals surface area contributed by atoms with Gasteiger partial charge < -0.3 is 25.0 Å². The number of amides is 1. The molecule has 5 atom stereocenters. The number of hydrogen-bond acceptors (Lipinski definition) is 7. The Bertz CT molecular complexity index is 529. The number of rotatable bonds is 0. The van der Waals surface area contributed by atoms with Crippen LogP contribution in [-0.4, -0.2) is 58.5 Å². The summed E-state index contributed by atoms with van der Waals surface area (Å²) in [5.74, 6) is -1.91. The number of carbonyl (C=O) groups is 3. The van der Waals surface area contributed by atoms with Gasteiger partial charge in [0.2, 0.25) is 5.91 Å². The van der Waals surface area contributed by atoms with Gasteiger partial charge in [0.1, 0.15) is 18.3 Å². The summed E-state index contributed by atoms with van der Waals surface area (Å²) < 4.78 is 9.95. The SMILES string of the molecule is CC1CC(=O)N[C@@H](C)[C@H](O)/C=C/C(=O)O[C@@H](C)[C@H](O)/C=C/C(=O)O1. The van der Waals surface area contributed by atoms with Gasteiger partial charge in [-0.25, -0.2) is 9.59 Å². The van der Waals surface area contributed by atoms with Crippen LogP contribution in [0.2, 0.25) is 0 Å². The van der Waals surface area contributed by atoms with Crippen LogP contribution < -0.4 is 5.32 Å². The molecule has 0 spiro atoms. The van der Waals surface area contributed by atoms with Gasteiger partial charge in [-0.1, -0.05) is 0 Å². The van der Waals surface area contributed by atoms with Crippen LogP contribution in [0.15, 0.2) is 24.3 Å². The lowest BCUT2D eigenvalue weighted by atomic mass is 10.1. The topological polar surface area (TPSA) is 122 Å². The molecule has 0 fully saturated rings. The summed E-state index contributed by atoms with van der Waals surface area (Å²) in [6, 6.07) is -0.653. The summed E-state index contributed by atoms with van der Waals surface area (Å²) in [6.07, 6.45) is 0.393. The molecule has 1 aliphatic heterocycles. The molecule has 24 heavy (non-hydrogen) atoms. The zero-order valence-corrected chi connectivity index (χ0v) is 13.8. The highest BCUT2D eigenvalue weighted by atomic mass is 16.6. The predicted molar refractivity (Wildman–Crippen MR) is 83.6 cm³/mol. The Morgan fingerprint density at radius 3 is 2.12 bits per heavy atom. The second-order valence-corrected chi connectivity index (χ2v) is 5.65. The predicted octanol–water partition coefficient (Wildman–Crippen LogP) is -0.408. The second-order valence-electron chi connectivity index (χ2n) is 5.65. The van der Waals surface area contributed by atoms with Crippen LogP contribution >= 0.6 is 0 Å². The lowest BCUT2D eigenvalue weighted by Crippen LogP contribution is -2.41. The average Bonchev–Trinajstić information content (AvgIpc) is 2.48. The quantitative estimate of drug-likeness (QED) is 0.512. The summed E-state index contributed by atoms with van der Waals surface area (Å²) in [5.41, 5.74) is 0. The van der Waals surface area contributed by atoms with Crippen LogP contribution in [0.5, 0.6) is 0 Å². The molecule has 3 N–H and O–H groups in total. The van der Waals surface area contributed by atoms with Gasteiger partial charge in [-0.05, 0) is 32.9 Å². The van der Waals surface area contributed by atoms with E-state index in [1.165, 1.54) is 13.0 Å². The fourth-order valence-corrected chi connectivity index (χ4v) is 1.91. The number of nitrogens with one attached hydrogen (secondary N) is 1. The van der Waals surface area contributed by atoms with Crippen molar-refractivity contribution in [3.05, 3.63) is 24.3 Å². The Hall–Kier alpha value is -2.19. The van der Waals surface area contributed by atoms with Crippen molar-refractivity contribution in [2.75, 3.05) is 0 Å². The van der Waals surface area contributed by atoms with E-state index in [1.807, 2.05) is 0 Å². The van der Waals surface area contributed by atoms with E-state index in [0.717, 1.165) is 18.2 Å². The maximum absolute atomic E-state index is 11.8. The van der Waals surface area contributed by atoms with Crippen molar-refractivity contribution in [1.29, 1.82) is 0 Å². The molecule has 1 rings (SSSR count). The van der Waals surface area contributed by atoms with Gasteiger partial charge in [0, 0.05) is 12.2 Å². The van der Waals surface area contributed by atoms with Gasteiger partial charge in [0.15, 0.2) is 0 Å². The summed E-state index contributed by atoms with van der Waals surface area (Å²) in [6.45, 7) is 4.57. The molecule has 1 unspecified atom stereocenters. The number of aliphatic hydroxyl groups is 2. The van der Waals surface area contributed by atoms with Crippen LogP contribution in [0.25, 0.3) is 0 Å². The molecular weight excluding hydrogens is 318 g/mol. The molecule has 0 radical (unpaired) electrons. The second kappa shape index (κ2) is 9.19. The maximum Gasteiger partial charge on any atom is 0.330 e. The molecule has 8 heteroatoms. The summed E-state index contributed by atoms with van der Waals surface area (Å²) >= 11 is 0. The monoisotopic (exact) mass is 341 g/mol. The molecule has 1 aliphatic rings. The van der Waals surface area contributed by atoms with Crippen molar-refractivity contribution in [2.45, 2.75) is 57.6 Å². The van der Waals surface area contributed by atoms with Crippen molar-refractivity contribution < 1.29 is 34.1 Å². The van der Waals surface area contributed by atoms with Gasteiger partial charge in [-0.2, -0.15) is 0 Å². The lowest BCUT2D eigenvalue weighted by molar-refractivity contribution is -0.146. The van der Waals surface area contributed by atoms with Crippen LogP contribution in [0, 0.1) is 0 Å². The Kier molecular flexibility index (Phi) is 7.60. The highest BCUT2D eigenvalue weighted by Gasteiger charge is 2.20. The van der Waals surface area contributed by atoms with E-state index >= 15 is 0 Å². The van der Waals surface area contributed by atoms with E-state index in [0.29, 0.717) is 0 Å². The van der Waals surface area contributed by atoms with E-state index in [1.54, 1.807) is 13.8 Å². The van der Waals surface area contributed by atoms with Crippen molar-refractivity contribution in [3.8, 4) is 0 Å². The number of esters is 2. The fourth-order valence-electron chi connectivity index (χ4n) is 1.91. The fraction of sp³-hybridized carbons (Fsp3) is 0.562. The van der Waals surface area contributed by atoms with Crippen LogP contribution in [-0.2, 0) is 23.9 Å². The molecule has 0 aliphatic carbocycles. The third kappa shape index (κ3) is 6.93. The molecule has 0 aromatic rings. The summed E-state index contributed by atoms with van der Waals surface area (Å²) in [4.78, 5) is 35.1. The maximum atomic E-state index is 11.8. The number of cyclic esters (lactones) is 2. The largest absolute Gasteiger partial charge is 0.459 e. The Morgan fingerprint density at radius 1 is 0.958 bits per heavy atom. The van der Waals surface area contributed by atoms with E-state index in [4.69, 9.17) is 9.47 Å². The van der Waals surface area contributed by atoms with Crippen molar-refractivity contribution in [2.24, 2.45) is 0 Å². The minimum Gasteiger partial charge on any atom is -0.459 e. The Labute approximate surface area is 140 Å². The molecule has 1 amide bonds. The first kappa shape index (κ1) is 19.9. The third-order valence-electron chi connectivity index (χ3n) is 3.33. The Morgan fingerprint density at radius 2 is 1.50 bits per heavy atom. The minimum absolute atomic E-state index is 0.0820. The summed E-state index contributed by atoms with van der Waals surface area (Å²) in [5, 5.41) is 22.3. The van der Waals surface area contributed by atoms with Crippen molar-refractivity contribution in [1.82, 2.24) is 5.32 Å². The first-order chi connectivity index (χ1) is 11.2. The first-order valence-electron chi connectivity index (χ1n) is 7.62. The molecule has 0 saturated carbocycles. The van der Waals surface area contributed by atoms with E-state index in [-0.39, 0.29) is 6.42 Å². The molecule has 0 bridgehead atoms. The zero-order valence-electron chi connectivity index (χ0n) is 13.8. The number of hydrogen-bond donors (Lipinski definition) is 3. The van der Waals surface area contributed by atoms with E-state index < -0.39 is 48.3 Å². The van der Waals surface area contributed by atoms with E-state index in [2.05, 4.69) is 5.32 Å².